The summed E-state index contributed by atoms with van der Waals surface area (Å²) in [5.41, 5.74) is 13.1. The maximum Gasteiger partial charge on any atom is 0.328 e. The molecule has 0 spiro atoms. The number of nitrogens with zero attached hydrogens (tertiary/aromatic N) is 2. The first-order valence-electron chi connectivity index (χ1n) is 10.0. The molecule has 0 aliphatic carbocycles. The van der Waals surface area contributed by atoms with E-state index < -0.39 is 12.0 Å². The Morgan fingerprint density at radius 3 is 2.57 bits per heavy atom. The van der Waals surface area contributed by atoms with Gasteiger partial charge in [-0.15, -0.1) is 0 Å². The van der Waals surface area contributed by atoms with Gasteiger partial charge >= 0.3 is 5.97 Å². The molecular formula is C22H34N4O2. The molecule has 6 nitrogen and oxygen atoms in total. The van der Waals surface area contributed by atoms with Gasteiger partial charge in [-0.05, 0) is 37.7 Å². The predicted molar refractivity (Wildman–Crippen MR) is 117 cm³/mol. The monoisotopic (exact) mass is 386 g/mol. The second-order valence-electron chi connectivity index (χ2n) is 6.85. The minimum Gasteiger partial charge on any atom is -0.480 e. The summed E-state index contributed by atoms with van der Waals surface area (Å²) in [6, 6.07) is 9.58. The minimum absolute atomic E-state index is 0.0238. The highest BCUT2D eigenvalue weighted by molar-refractivity contribution is 5.76. The Morgan fingerprint density at radius 2 is 1.93 bits per heavy atom. The van der Waals surface area contributed by atoms with E-state index in [-0.39, 0.29) is 5.96 Å². The Bertz CT molecular complexity index is 650. The molecule has 0 heterocycles. The molecule has 0 bridgehead atoms. The Labute approximate surface area is 168 Å². The third-order valence-corrected chi connectivity index (χ3v) is 4.42. The molecule has 0 saturated heterocycles. The highest BCUT2D eigenvalue weighted by atomic mass is 16.4. The number of aliphatic carboxylic acids is 1. The third kappa shape index (κ3) is 11.2. The molecule has 0 amide bonds. The summed E-state index contributed by atoms with van der Waals surface area (Å²) in [5.74, 6) is -0.891. The number of carboxylic acids is 1. The smallest absolute Gasteiger partial charge is 0.328 e. The van der Waals surface area contributed by atoms with Gasteiger partial charge in [-0.1, -0.05) is 61.7 Å². The van der Waals surface area contributed by atoms with E-state index in [1.54, 1.807) is 6.21 Å². The summed E-state index contributed by atoms with van der Waals surface area (Å²) in [7, 11) is 0. The van der Waals surface area contributed by atoms with E-state index in [1.165, 1.54) is 24.0 Å². The summed E-state index contributed by atoms with van der Waals surface area (Å²) in [5, 5.41) is 9.36. The lowest BCUT2D eigenvalue weighted by atomic mass is 10.0. The van der Waals surface area contributed by atoms with Crippen molar-refractivity contribution in [3.05, 3.63) is 47.5 Å². The second-order valence-corrected chi connectivity index (χ2v) is 6.85. The molecule has 154 valence electrons. The molecule has 1 aromatic carbocycles. The van der Waals surface area contributed by atoms with Crippen LogP contribution >= 0.6 is 0 Å². The van der Waals surface area contributed by atoms with Gasteiger partial charge in [0, 0.05) is 19.2 Å². The lowest BCUT2D eigenvalue weighted by Crippen LogP contribution is -2.23. The molecule has 0 fully saturated rings. The van der Waals surface area contributed by atoms with E-state index in [4.69, 9.17) is 11.5 Å². The predicted octanol–water partition coefficient (Wildman–Crippen LogP) is 3.70. The average Bonchev–Trinajstić information content (AvgIpc) is 2.67. The third-order valence-electron chi connectivity index (χ3n) is 4.42. The number of allylic oxidation sites excluding steroid dienone is 2. The topological polar surface area (TPSA) is 114 Å². The van der Waals surface area contributed by atoms with Crippen LogP contribution < -0.4 is 11.5 Å². The first kappa shape index (κ1) is 23.4. The molecule has 0 unspecified atom stereocenters. The number of benzene rings is 1. The van der Waals surface area contributed by atoms with Gasteiger partial charge in [-0.25, -0.2) is 4.79 Å². The molecule has 5 N–H and O–H groups in total. The van der Waals surface area contributed by atoms with Crippen molar-refractivity contribution in [2.45, 2.75) is 64.3 Å². The van der Waals surface area contributed by atoms with Crippen LogP contribution in [0.1, 0.15) is 57.4 Å². The number of aliphatic imine (C=N–C) groups is 2. The van der Waals surface area contributed by atoms with Gasteiger partial charge in [-0.2, -0.15) is 0 Å². The highest BCUT2D eigenvalue weighted by Crippen LogP contribution is 2.14. The zero-order chi connectivity index (χ0) is 20.6. The molecule has 0 saturated carbocycles. The second kappa shape index (κ2) is 14.4. The summed E-state index contributed by atoms with van der Waals surface area (Å²) in [6.07, 6.45) is 11.1. The molecular weight excluding hydrogens is 352 g/mol. The van der Waals surface area contributed by atoms with E-state index >= 15 is 0 Å². The van der Waals surface area contributed by atoms with E-state index in [9.17, 15) is 9.90 Å². The van der Waals surface area contributed by atoms with E-state index in [1.807, 2.05) is 18.2 Å². The van der Waals surface area contributed by atoms with Crippen molar-refractivity contribution in [2.75, 3.05) is 6.54 Å². The molecule has 6 heteroatoms. The van der Waals surface area contributed by atoms with Crippen molar-refractivity contribution in [1.29, 1.82) is 0 Å². The van der Waals surface area contributed by atoms with Gasteiger partial charge in [0.05, 0.1) is 0 Å². The van der Waals surface area contributed by atoms with Crippen molar-refractivity contribution < 1.29 is 9.90 Å². The quantitative estimate of drug-likeness (QED) is 0.196. The van der Waals surface area contributed by atoms with Crippen molar-refractivity contribution in [3.63, 3.8) is 0 Å². The van der Waals surface area contributed by atoms with Crippen LogP contribution in [0, 0.1) is 0 Å². The number of hydrogen-bond donors (Lipinski definition) is 3. The molecule has 0 aliphatic heterocycles. The molecule has 1 atom stereocenters. The number of nitrogens with two attached hydrogens (primary N) is 2. The molecule has 1 aromatic rings. The van der Waals surface area contributed by atoms with E-state index in [0.29, 0.717) is 25.8 Å². The van der Waals surface area contributed by atoms with Crippen molar-refractivity contribution in [2.24, 2.45) is 21.5 Å². The maximum absolute atomic E-state index is 11.4. The lowest BCUT2D eigenvalue weighted by molar-refractivity contribution is -0.138. The fourth-order valence-electron chi connectivity index (χ4n) is 2.82. The summed E-state index contributed by atoms with van der Waals surface area (Å²) >= 11 is 0. The maximum atomic E-state index is 11.4. The summed E-state index contributed by atoms with van der Waals surface area (Å²) < 4.78 is 0. The average molecular weight is 387 g/mol. The van der Waals surface area contributed by atoms with Crippen LogP contribution in [0.5, 0.6) is 0 Å². The summed E-state index contributed by atoms with van der Waals surface area (Å²) in [6.45, 7) is 2.61. The fraction of sp³-hybridized carbons (Fsp3) is 0.500. The standard InChI is InChI=1S/C22H34N4O2/c1-2-3-5-9-19(14-13-18-10-6-4-7-11-18)15-17-25-20(21(27)28)12-8-16-26-22(23)24/h4,6-7,10-11,14,17,20H,2-3,5,8-9,12-13,15-16H2,1H3,(H,27,28)(H4,23,24,26)/b19-14+,25-17?/t20-/m0/s1. The van der Waals surface area contributed by atoms with Crippen LogP contribution in [0.4, 0.5) is 0 Å². The van der Waals surface area contributed by atoms with Crippen LogP contribution in [-0.2, 0) is 11.2 Å². The van der Waals surface area contributed by atoms with Crippen molar-refractivity contribution in [3.8, 4) is 0 Å². The Kier molecular flexibility index (Phi) is 12.1. The van der Waals surface area contributed by atoms with Crippen molar-refractivity contribution >= 4 is 18.1 Å². The molecule has 28 heavy (non-hydrogen) atoms. The van der Waals surface area contributed by atoms with Crippen LogP contribution in [0.25, 0.3) is 0 Å². The van der Waals surface area contributed by atoms with Gasteiger partial charge in [0.1, 0.15) is 6.04 Å². The first-order valence-corrected chi connectivity index (χ1v) is 10.0. The Hall–Kier alpha value is -2.63. The zero-order valence-corrected chi connectivity index (χ0v) is 16.9. The number of carboxylic acid groups (broad SMARTS) is 1. The van der Waals surface area contributed by atoms with E-state index in [2.05, 4.69) is 35.1 Å². The van der Waals surface area contributed by atoms with Crippen LogP contribution in [0.2, 0.25) is 0 Å². The van der Waals surface area contributed by atoms with Crippen LogP contribution in [0.15, 0.2) is 52.0 Å². The molecule has 0 aliphatic rings. The summed E-state index contributed by atoms with van der Waals surface area (Å²) in [4.78, 5) is 19.6. The first-order chi connectivity index (χ1) is 13.5. The van der Waals surface area contributed by atoms with Gasteiger partial charge < -0.3 is 16.6 Å². The number of guanidine groups is 1. The number of rotatable bonds is 14. The van der Waals surface area contributed by atoms with Gasteiger partial charge in [-0.3, -0.25) is 9.98 Å². The Balaban J connectivity index is 2.63. The largest absolute Gasteiger partial charge is 0.480 e. The minimum atomic E-state index is -0.915. The Morgan fingerprint density at radius 1 is 1.18 bits per heavy atom. The van der Waals surface area contributed by atoms with E-state index in [0.717, 1.165) is 19.3 Å². The zero-order valence-electron chi connectivity index (χ0n) is 16.9. The van der Waals surface area contributed by atoms with Gasteiger partial charge in [0.25, 0.3) is 0 Å². The molecule has 0 radical (unpaired) electrons. The molecule has 1 rings (SSSR count). The van der Waals surface area contributed by atoms with Gasteiger partial charge in [0.2, 0.25) is 0 Å². The van der Waals surface area contributed by atoms with Crippen molar-refractivity contribution in [1.82, 2.24) is 0 Å². The van der Waals surface area contributed by atoms with Gasteiger partial charge in [0.15, 0.2) is 5.96 Å². The lowest BCUT2D eigenvalue weighted by Gasteiger charge is -2.08. The van der Waals surface area contributed by atoms with Crippen LogP contribution in [-0.4, -0.2) is 35.8 Å². The number of carbonyl (C=O) groups is 1. The fourth-order valence-corrected chi connectivity index (χ4v) is 2.82. The highest BCUT2D eigenvalue weighted by Gasteiger charge is 2.14. The molecule has 0 aromatic heterocycles. The number of unbranched alkanes of at least 4 members (excludes halogenated alkanes) is 2. The SMILES string of the molecule is CCCCC/C(=C\Cc1ccccc1)CC=N[C@@H](CCCN=C(N)N)C(=O)O. The number of hydrogen-bond acceptors (Lipinski definition) is 3. The normalized spacial score (nSPS) is 12.8. The van der Waals surface area contributed by atoms with Crippen LogP contribution in [0.3, 0.4) is 0 Å².